The molecule has 0 aromatic carbocycles. The van der Waals surface area contributed by atoms with Crippen LogP contribution in [-0.4, -0.2) is 53.5 Å². The molecule has 6 nitrogen and oxygen atoms in total. The Bertz CT molecular complexity index is 501. The van der Waals surface area contributed by atoms with Crippen LogP contribution in [0.3, 0.4) is 0 Å². The predicted molar refractivity (Wildman–Crippen MR) is 79.4 cm³/mol. The van der Waals surface area contributed by atoms with E-state index in [1.54, 1.807) is 0 Å². The fraction of sp³-hybridized carbons (Fsp3) is 0.875. The van der Waals surface area contributed by atoms with Gasteiger partial charge in [0.05, 0.1) is 6.10 Å². The highest BCUT2D eigenvalue weighted by Crippen LogP contribution is 2.38. The van der Waals surface area contributed by atoms with Crippen LogP contribution in [0.15, 0.2) is 4.42 Å². The zero-order valence-electron chi connectivity index (χ0n) is 13.2. The molecule has 0 saturated carbocycles. The molecule has 0 amide bonds. The summed E-state index contributed by atoms with van der Waals surface area (Å²) in [4.78, 5) is 2.65. The van der Waals surface area contributed by atoms with E-state index in [9.17, 15) is 0 Å². The van der Waals surface area contributed by atoms with Crippen molar-refractivity contribution >= 4 is 0 Å². The summed E-state index contributed by atoms with van der Waals surface area (Å²) in [5.74, 6) is 2.07. The third-order valence-electron chi connectivity index (χ3n) is 5.31. The van der Waals surface area contributed by atoms with E-state index in [0.717, 1.165) is 38.5 Å². The zero-order valence-corrected chi connectivity index (χ0v) is 13.2. The van der Waals surface area contributed by atoms with E-state index in [0.29, 0.717) is 23.9 Å². The van der Waals surface area contributed by atoms with Gasteiger partial charge in [-0.05, 0) is 38.0 Å². The first-order valence-corrected chi connectivity index (χ1v) is 8.57. The third-order valence-corrected chi connectivity index (χ3v) is 5.31. The van der Waals surface area contributed by atoms with Crippen LogP contribution in [0.25, 0.3) is 0 Å². The van der Waals surface area contributed by atoms with Gasteiger partial charge in [0.2, 0.25) is 11.8 Å². The lowest BCUT2D eigenvalue weighted by atomic mass is 9.96. The van der Waals surface area contributed by atoms with Crippen molar-refractivity contribution in [3.8, 4) is 0 Å². The molecule has 0 unspecified atom stereocenters. The summed E-state index contributed by atoms with van der Waals surface area (Å²) in [5, 5.41) is 8.05. The first-order chi connectivity index (χ1) is 10.8. The van der Waals surface area contributed by atoms with Crippen LogP contribution in [0.1, 0.15) is 50.0 Å². The molecular weight excluding hydrogens is 282 g/mol. The molecule has 0 spiro atoms. The number of aromatic nitrogens is 2. The number of nitrogens with zero attached hydrogens (tertiary/aromatic N) is 3. The topological polar surface area (TPSA) is 60.6 Å². The van der Waals surface area contributed by atoms with Crippen LogP contribution in [-0.2, 0) is 9.47 Å². The molecule has 4 rings (SSSR count). The lowest BCUT2D eigenvalue weighted by Crippen LogP contribution is -2.43. The Balaban J connectivity index is 1.35. The molecule has 6 heteroatoms. The zero-order chi connectivity index (χ0) is 14.9. The molecule has 0 bridgehead atoms. The molecule has 1 aromatic heterocycles. The Morgan fingerprint density at radius 1 is 1.09 bits per heavy atom. The lowest BCUT2D eigenvalue weighted by molar-refractivity contribution is -0.0833. The minimum atomic E-state index is -0.00881. The monoisotopic (exact) mass is 307 g/mol. The average molecular weight is 307 g/mol. The van der Waals surface area contributed by atoms with Crippen molar-refractivity contribution in [1.82, 2.24) is 15.1 Å². The average Bonchev–Trinajstić information content (AvgIpc) is 3.15. The van der Waals surface area contributed by atoms with Gasteiger partial charge < -0.3 is 13.9 Å². The van der Waals surface area contributed by atoms with Crippen molar-refractivity contribution in [3.05, 3.63) is 11.8 Å². The molecule has 122 valence electrons. The molecule has 0 radical (unpaired) electrons. The van der Waals surface area contributed by atoms with Gasteiger partial charge in [-0.15, -0.1) is 10.2 Å². The molecule has 0 N–H and O–H groups in total. The van der Waals surface area contributed by atoms with Crippen LogP contribution < -0.4 is 0 Å². The summed E-state index contributed by atoms with van der Waals surface area (Å²) < 4.78 is 17.3. The van der Waals surface area contributed by atoms with Gasteiger partial charge >= 0.3 is 0 Å². The molecule has 22 heavy (non-hydrogen) atoms. The first-order valence-electron chi connectivity index (χ1n) is 8.57. The van der Waals surface area contributed by atoms with Gasteiger partial charge in [-0.3, -0.25) is 4.90 Å². The summed E-state index contributed by atoms with van der Waals surface area (Å²) in [6.45, 7) is 6.05. The quantitative estimate of drug-likeness (QED) is 0.852. The second kappa shape index (κ2) is 6.26. The summed E-state index contributed by atoms with van der Waals surface area (Å²) in [7, 11) is 0. The largest absolute Gasteiger partial charge is 0.423 e. The first kappa shape index (κ1) is 14.6. The van der Waals surface area contributed by atoms with E-state index < -0.39 is 0 Å². The van der Waals surface area contributed by atoms with Gasteiger partial charge in [0.15, 0.2) is 0 Å². The smallest absolute Gasteiger partial charge is 0.245 e. The number of aryl methyl sites for hydroxylation is 1. The second-order valence-corrected chi connectivity index (χ2v) is 6.81. The SMILES string of the molecule is Cc1nnc([C@@H]2CC[C@H]3[C@H](CCN3CC3CCOCC3)O2)o1. The van der Waals surface area contributed by atoms with E-state index in [1.807, 2.05) is 6.92 Å². The van der Waals surface area contributed by atoms with Crippen molar-refractivity contribution < 1.29 is 13.9 Å². The molecule has 3 fully saturated rings. The van der Waals surface area contributed by atoms with Crippen molar-refractivity contribution in [2.45, 2.75) is 57.3 Å². The maximum absolute atomic E-state index is 6.27. The minimum absolute atomic E-state index is 0.00881. The van der Waals surface area contributed by atoms with Crippen LogP contribution in [0.2, 0.25) is 0 Å². The Labute approximate surface area is 131 Å². The molecule has 3 atom stereocenters. The number of ether oxygens (including phenoxy) is 2. The molecular formula is C16H25N3O3. The van der Waals surface area contributed by atoms with Crippen LogP contribution in [0.4, 0.5) is 0 Å². The van der Waals surface area contributed by atoms with Crippen LogP contribution in [0, 0.1) is 12.8 Å². The molecule has 3 saturated heterocycles. The summed E-state index contributed by atoms with van der Waals surface area (Å²) in [5.41, 5.74) is 0. The lowest BCUT2D eigenvalue weighted by Gasteiger charge is -2.36. The summed E-state index contributed by atoms with van der Waals surface area (Å²) >= 11 is 0. The van der Waals surface area contributed by atoms with Crippen molar-refractivity contribution in [2.24, 2.45) is 5.92 Å². The standard InChI is InChI=1S/C16H25N3O3/c1-11-17-18-16(21-11)15-3-2-13-14(22-15)4-7-19(13)10-12-5-8-20-9-6-12/h12-15H,2-10H2,1H3/t13-,14-,15-/m0/s1. The van der Waals surface area contributed by atoms with Crippen molar-refractivity contribution in [3.63, 3.8) is 0 Å². The highest BCUT2D eigenvalue weighted by Gasteiger charge is 2.42. The molecule has 3 aliphatic heterocycles. The Morgan fingerprint density at radius 2 is 1.95 bits per heavy atom. The van der Waals surface area contributed by atoms with E-state index in [1.165, 1.54) is 25.8 Å². The number of rotatable bonds is 3. The third kappa shape index (κ3) is 2.92. The fourth-order valence-electron chi connectivity index (χ4n) is 4.13. The van der Waals surface area contributed by atoms with Crippen LogP contribution in [0.5, 0.6) is 0 Å². The van der Waals surface area contributed by atoms with Gasteiger partial charge in [0, 0.05) is 39.3 Å². The maximum atomic E-state index is 6.27. The van der Waals surface area contributed by atoms with Gasteiger partial charge in [0.1, 0.15) is 6.10 Å². The number of hydrogen-bond donors (Lipinski definition) is 0. The van der Waals surface area contributed by atoms with Crippen molar-refractivity contribution in [2.75, 3.05) is 26.3 Å². The fourth-order valence-corrected chi connectivity index (χ4v) is 4.13. The second-order valence-electron chi connectivity index (χ2n) is 6.81. The summed E-state index contributed by atoms with van der Waals surface area (Å²) in [6.07, 6.45) is 6.00. The number of hydrogen-bond acceptors (Lipinski definition) is 6. The normalized spacial score (nSPS) is 34.0. The highest BCUT2D eigenvalue weighted by molar-refractivity contribution is 4.97. The molecule has 0 aliphatic carbocycles. The molecule has 1 aromatic rings. The Morgan fingerprint density at radius 3 is 2.73 bits per heavy atom. The van der Waals surface area contributed by atoms with Gasteiger partial charge in [-0.25, -0.2) is 0 Å². The predicted octanol–water partition coefficient (Wildman–Crippen LogP) is 2.10. The maximum Gasteiger partial charge on any atom is 0.245 e. The van der Waals surface area contributed by atoms with Gasteiger partial charge in [-0.1, -0.05) is 0 Å². The van der Waals surface area contributed by atoms with E-state index in [4.69, 9.17) is 13.9 Å². The van der Waals surface area contributed by atoms with Crippen molar-refractivity contribution in [1.29, 1.82) is 0 Å². The van der Waals surface area contributed by atoms with Gasteiger partial charge in [0.25, 0.3) is 0 Å². The van der Waals surface area contributed by atoms with E-state index in [-0.39, 0.29) is 6.10 Å². The highest BCUT2D eigenvalue weighted by atomic mass is 16.5. The van der Waals surface area contributed by atoms with Gasteiger partial charge in [-0.2, -0.15) is 0 Å². The number of likely N-dealkylation sites (tertiary alicyclic amines) is 1. The van der Waals surface area contributed by atoms with Crippen LogP contribution >= 0.6 is 0 Å². The minimum Gasteiger partial charge on any atom is -0.423 e. The Kier molecular flexibility index (Phi) is 4.15. The summed E-state index contributed by atoms with van der Waals surface area (Å²) in [6, 6.07) is 0.572. The van der Waals surface area contributed by atoms with E-state index in [2.05, 4.69) is 15.1 Å². The molecule has 4 heterocycles. The molecule has 3 aliphatic rings. The Hall–Kier alpha value is -0.980. The van der Waals surface area contributed by atoms with E-state index >= 15 is 0 Å². The number of fused-ring (bicyclic) bond motifs is 1.